The lowest BCUT2D eigenvalue weighted by Gasteiger charge is -2.14. The van der Waals surface area contributed by atoms with Crippen LogP contribution in [0.5, 0.6) is 0 Å². The summed E-state index contributed by atoms with van der Waals surface area (Å²) >= 11 is 1.57. The van der Waals surface area contributed by atoms with Crippen molar-refractivity contribution >= 4 is 28.1 Å². The van der Waals surface area contributed by atoms with Crippen LogP contribution in [0, 0.1) is 6.92 Å². The molecule has 0 atom stereocenters. The van der Waals surface area contributed by atoms with E-state index in [2.05, 4.69) is 34.7 Å². The molecule has 0 saturated heterocycles. The number of hydrogen-bond donors (Lipinski definition) is 2. The second-order valence-corrected chi connectivity index (χ2v) is 6.52. The topological polar surface area (TPSA) is 57.3 Å². The van der Waals surface area contributed by atoms with Crippen LogP contribution >= 0.6 is 11.3 Å². The van der Waals surface area contributed by atoms with Gasteiger partial charge >= 0.3 is 0 Å². The quantitative estimate of drug-likeness (QED) is 0.780. The van der Waals surface area contributed by atoms with Crippen LogP contribution in [0.1, 0.15) is 24.6 Å². The van der Waals surface area contributed by atoms with Crippen LogP contribution in [0.4, 0.5) is 10.8 Å². The average Bonchev–Trinajstić information content (AvgIpc) is 2.94. The highest BCUT2D eigenvalue weighted by molar-refractivity contribution is 7.13. The molecule has 0 aliphatic rings. The molecule has 0 spiro atoms. The smallest absolute Gasteiger partial charge is 0.234 e. The Morgan fingerprint density at radius 1 is 1.30 bits per heavy atom. The molecule has 1 heterocycles. The number of likely N-dealkylation sites (N-methyl/N-ethyl adjacent to an activating group) is 1. The Kier molecular flexibility index (Phi) is 6.55. The fourth-order valence-corrected chi connectivity index (χ4v) is 2.82. The van der Waals surface area contributed by atoms with Crippen molar-refractivity contribution in [2.45, 2.75) is 26.8 Å². The van der Waals surface area contributed by atoms with Crippen LogP contribution in [-0.2, 0) is 11.3 Å². The summed E-state index contributed by atoms with van der Waals surface area (Å²) in [6.07, 6.45) is 0.954. The van der Waals surface area contributed by atoms with Gasteiger partial charge in [0.1, 0.15) is 0 Å². The molecule has 0 bridgehead atoms. The zero-order valence-corrected chi connectivity index (χ0v) is 14.7. The van der Waals surface area contributed by atoms with E-state index in [-0.39, 0.29) is 5.91 Å². The van der Waals surface area contributed by atoms with E-state index in [0.29, 0.717) is 13.1 Å². The summed E-state index contributed by atoms with van der Waals surface area (Å²) in [6, 6.07) is 8.22. The van der Waals surface area contributed by atoms with Gasteiger partial charge in [-0.2, -0.15) is 0 Å². The highest BCUT2D eigenvalue weighted by Gasteiger charge is 2.09. The van der Waals surface area contributed by atoms with Crippen molar-refractivity contribution in [3.8, 4) is 0 Å². The summed E-state index contributed by atoms with van der Waals surface area (Å²) in [7, 11) is 1.93. The average molecular weight is 332 g/mol. The largest absolute Gasteiger partial charge is 0.355 e. The van der Waals surface area contributed by atoms with Crippen LogP contribution in [0.2, 0.25) is 0 Å². The van der Waals surface area contributed by atoms with E-state index in [1.54, 1.807) is 11.3 Å². The number of benzene rings is 1. The zero-order valence-electron chi connectivity index (χ0n) is 13.9. The molecule has 0 fully saturated rings. The van der Waals surface area contributed by atoms with E-state index < -0.39 is 0 Å². The maximum atomic E-state index is 11.7. The van der Waals surface area contributed by atoms with Crippen LogP contribution in [-0.4, -0.2) is 35.9 Å². The molecule has 1 amide bonds. The normalized spacial score (nSPS) is 10.8. The van der Waals surface area contributed by atoms with Gasteiger partial charge in [0.15, 0.2) is 5.13 Å². The lowest BCUT2D eigenvalue weighted by Crippen LogP contribution is -2.35. The Labute approximate surface area is 141 Å². The summed E-state index contributed by atoms with van der Waals surface area (Å²) in [5.74, 6) is 0.0579. The Balaban J connectivity index is 1.84. The number of nitrogens with zero attached hydrogens (tertiary/aromatic N) is 2. The molecular weight excluding hydrogens is 308 g/mol. The molecule has 0 saturated carbocycles. The van der Waals surface area contributed by atoms with Crippen LogP contribution in [0.25, 0.3) is 0 Å². The van der Waals surface area contributed by atoms with Gasteiger partial charge in [-0.3, -0.25) is 9.69 Å². The highest BCUT2D eigenvalue weighted by Crippen LogP contribution is 2.21. The lowest BCUT2D eigenvalue weighted by atomic mass is 10.2. The van der Waals surface area contributed by atoms with Crippen molar-refractivity contribution in [2.75, 3.05) is 25.5 Å². The number of carbonyl (C=O) groups is 1. The molecule has 0 aliphatic heterocycles. The molecule has 2 rings (SSSR count). The number of thiazole rings is 1. The van der Waals surface area contributed by atoms with Crippen molar-refractivity contribution < 1.29 is 4.79 Å². The first-order chi connectivity index (χ1) is 11.1. The molecule has 1 aromatic carbocycles. The molecule has 6 heteroatoms. The summed E-state index contributed by atoms with van der Waals surface area (Å²) < 4.78 is 0. The number of rotatable bonds is 8. The SMILES string of the molecule is CCCNC(=O)CN(C)Cc1csc(Nc2ccc(C)cc2)n1. The molecule has 5 nitrogen and oxygen atoms in total. The fourth-order valence-electron chi connectivity index (χ4n) is 2.10. The molecule has 1 aromatic heterocycles. The van der Waals surface area contributed by atoms with Gasteiger partial charge in [-0.05, 0) is 32.5 Å². The molecule has 0 unspecified atom stereocenters. The van der Waals surface area contributed by atoms with Gasteiger partial charge in [0.2, 0.25) is 5.91 Å². The predicted octanol–water partition coefficient (Wildman–Crippen LogP) is 3.15. The molecule has 2 N–H and O–H groups in total. The van der Waals surface area contributed by atoms with Crippen molar-refractivity contribution in [3.63, 3.8) is 0 Å². The number of amides is 1. The van der Waals surface area contributed by atoms with Crippen LogP contribution in [0.15, 0.2) is 29.6 Å². The third kappa shape index (κ3) is 6.00. The number of hydrogen-bond acceptors (Lipinski definition) is 5. The van der Waals surface area contributed by atoms with Gasteiger partial charge in [0, 0.05) is 24.2 Å². The molecule has 2 aromatic rings. The molecular formula is C17H24N4OS. The van der Waals surface area contributed by atoms with Gasteiger partial charge < -0.3 is 10.6 Å². The molecule has 0 radical (unpaired) electrons. The first kappa shape index (κ1) is 17.4. The Bertz CT molecular complexity index is 624. The standard InChI is InChI=1S/C17H24N4OS/c1-4-9-18-16(22)11-21(3)10-15-12-23-17(20-15)19-14-7-5-13(2)6-8-14/h5-8,12H,4,9-11H2,1-3H3,(H,18,22)(H,19,20). The summed E-state index contributed by atoms with van der Waals surface area (Å²) in [5.41, 5.74) is 3.23. The first-order valence-electron chi connectivity index (χ1n) is 7.80. The van der Waals surface area contributed by atoms with Crippen LogP contribution in [0.3, 0.4) is 0 Å². The van der Waals surface area contributed by atoms with E-state index in [0.717, 1.165) is 29.5 Å². The fraction of sp³-hybridized carbons (Fsp3) is 0.412. The van der Waals surface area contributed by atoms with E-state index >= 15 is 0 Å². The number of anilines is 2. The second-order valence-electron chi connectivity index (χ2n) is 5.66. The minimum absolute atomic E-state index is 0.0579. The second kappa shape index (κ2) is 8.64. The van der Waals surface area contributed by atoms with Crippen molar-refractivity contribution in [3.05, 3.63) is 40.9 Å². The van der Waals surface area contributed by atoms with Crippen molar-refractivity contribution in [1.82, 2.24) is 15.2 Å². The van der Waals surface area contributed by atoms with Gasteiger partial charge in [0.25, 0.3) is 0 Å². The maximum absolute atomic E-state index is 11.7. The predicted molar refractivity (Wildman–Crippen MR) is 96.2 cm³/mol. The van der Waals surface area contributed by atoms with Gasteiger partial charge in [-0.15, -0.1) is 11.3 Å². The van der Waals surface area contributed by atoms with Crippen molar-refractivity contribution in [1.29, 1.82) is 0 Å². The molecule has 124 valence electrons. The van der Waals surface area contributed by atoms with Crippen molar-refractivity contribution in [2.24, 2.45) is 0 Å². The summed E-state index contributed by atoms with van der Waals surface area (Å²) in [5, 5.41) is 9.08. The van der Waals surface area contributed by atoms with E-state index in [1.807, 2.05) is 36.4 Å². The van der Waals surface area contributed by atoms with Gasteiger partial charge in [-0.1, -0.05) is 24.6 Å². The summed E-state index contributed by atoms with van der Waals surface area (Å²) in [6.45, 7) is 5.89. The molecule has 0 aliphatic carbocycles. The van der Waals surface area contributed by atoms with E-state index in [4.69, 9.17) is 0 Å². The highest BCUT2D eigenvalue weighted by atomic mass is 32.1. The van der Waals surface area contributed by atoms with Gasteiger partial charge in [-0.25, -0.2) is 4.98 Å². The minimum atomic E-state index is 0.0579. The van der Waals surface area contributed by atoms with Crippen LogP contribution < -0.4 is 10.6 Å². The summed E-state index contributed by atoms with van der Waals surface area (Å²) in [4.78, 5) is 18.2. The third-order valence-corrected chi connectivity index (χ3v) is 4.08. The number of nitrogens with one attached hydrogen (secondary N) is 2. The third-order valence-electron chi connectivity index (χ3n) is 3.27. The Hall–Kier alpha value is -1.92. The molecule has 23 heavy (non-hydrogen) atoms. The Morgan fingerprint density at radius 3 is 2.74 bits per heavy atom. The first-order valence-corrected chi connectivity index (χ1v) is 8.68. The lowest BCUT2D eigenvalue weighted by molar-refractivity contribution is -0.122. The maximum Gasteiger partial charge on any atom is 0.234 e. The van der Waals surface area contributed by atoms with E-state index in [1.165, 1.54) is 5.56 Å². The zero-order chi connectivity index (χ0) is 16.7. The monoisotopic (exact) mass is 332 g/mol. The Morgan fingerprint density at radius 2 is 2.04 bits per heavy atom. The van der Waals surface area contributed by atoms with Gasteiger partial charge in [0.05, 0.1) is 12.2 Å². The number of aryl methyl sites for hydroxylation is 1. The number of carbonyl (C=O) groups excluding carboxylic acids is 1. The number of aromatic nitrogens is 1. The minimum Gasteiger partial charge on any atom is -0.355 e. The van der Waals surface area contributed by atoms with E-state index in [9.17, 15) is 4.79 Å².